The van der Waals surface area contributed by atoms with Crippen LogP contribution in [0.15, 0.2) is 48.0 Å². The van der Waals surface area contributed by atoms with Gasteiger partial charge in [-0.05, 0) is 24.4 Å². The summed E-state index contributed by atoms with van der Waals surface area (Å²) in [5.74, 6) is 0.322. The highest BCUT2D eigenvalue weighted by Crippen LogP contribution is 2.22. The Morgan fingerprint density at radius 2 is 2.00 bits per heavy atom. The fourth-order valence-corrected chi connectivity index (χ4v) is 3.93. The number of esters is 1. The van der Waals surface area contributed by atoms with Gasteiger partial charge in [0, 0.05) is 30.6 Å². The molecule has 0 aliphatic rings. The predicted octanol–water partition coefficient (Wildman–Crippen LogP) is 3.31. The van der Waals surface area contributed by atoms with Crippen LogP contribution < -0.4 is 10.1 Å². The Morgan fingerprint density at radius 1 is 1.19 bits per heavy atom. The summed E-state index contributed by atoms with van der Waals surface area (Å²) in [5, 5.41) is 8.90. The molecule has 0 atom stereocenters. The van der Waals surface area contributed by atoms with E-state index in [9.17, 15) is 9.59 Å². The number of thiophene rings is 1. The number of hydrogen-bond acceptors (Lipinski definition) is 7. The number of aromatic nitrogens is 2. The Labute approximate surface area is 185 Å². The number of nitrogens with zero attached hydrogens (tertiary/aromatic N) is 3. The summed E-state index contributed by atoms with van der Waals surface area (Å²) in [6.07, 6.45) is 1.39. The first-order valence-corrected chi connectivity index (χ1v) is 10.7. The zero-order chi connectivity index (χ0) is 22.2. The third kappa shape index (κ3) is 5.93. The van der Waals surface area contributed by atoms with Gasteiger partial charge in [-0.3, -0.25) is 14.4 Å². The largest absolute Gasteiger partial charge is 0.496 e. The van der Waals surface area contributed by atoms with Crippen molar-refractivity contribution >= 4 is 29.0 Å². The summed E-state index contributed by atoms with van der Waals surface area (Å²) in [6.45, 7) is 3.25. The van der Waals surface area contributed by atoms with Gasteiger partial charge in [0.1, 0.15) is 17.1 Å². The van der Waals surface area contributed by atoms with E-state index in [1.165, 1.54) is 10.9 Å². The van der Waals surface area contributed by atoms with Crippen molar-refractivity contribution in [2.45, 2.75) is 20.0 Å². The standard InChI is InChI=1S/C22H26N4O4S/c1-4-30-22(28)18-12-23-25(2)21(18)24-20(27)15-26(14-17-9-7-11-31-17)13-16-8-5-6-10-19(16)29-3/h5-12H,4,13-15H2,1-3H3,(H,24,27). The third-order valence-corrected chi connectivity index (χ3v) is 5.47. The van der Waals surface area contributed by atoms with Crippen molar-refractivity contribution in [2.24, 2.45) is 7.05 Å². The number of carbonyl (C=O) groups is 2. The van der Waals surface area contributed by atoms with E-state index in [0.717, 1.165) is 16.2 Å². The summed E-state index contributed by atoms with van der Waals surface area (Å²) in [7, 11) is 3.30. The number of anilines is 1. The van der Waals surface area contributed by atoms with Gasteiger partial charge in [-0.1, -0.05) is 24.3 Å². The van der Waals surface area contributed by atoms with Crippen LogP contribution in [0.1, 0.15) is 27.7 Å². The number of aryl methyl sites for hydroxylation is 1. The number of ether oxygens (including phenoxy) is 2. The number of hydrogen-bond donors (Lipinski definition) is 1. The number of rotatable bonds is 10. The minimum absolute atomic E-state index is 0.128. The first-order chi connectivity index (χ1) is 15.0. The Bertz CT molecular complexity index is 1020. The van der Waals surface area contributed by atoms with Gasteiger partial charge in [-0.25, -0.2) is 4.79 Å². The van der Waals surface area contributed by atoms with Gasteiger partial charge in [0.2, 0.25) is 5.91 Å². The van der Waals surface area contributed by atoms with Crippen molar-refractivity contribution < 1.29 is 19.1 Å². The van der Waals surface area contributed by atoms with Gasteiger partial charge in [-0.2, -0.15) is 5.10 Å². The van der Waals surface area contributed by atoms with Crippen LogP contribution in [0.4, 0.5) is 5.82 Å². The van der Waals surface area contributed by atoms with Crippen LogP contribution in [0.2, 0.25) is 0 Å². The zero-order valence-electron chi connectivity index (χ0n) is 17.8. The van der Waals surface area contributed by atoms with E-state index in [0.29, 0.717) is 18.9 Å². The van der Waals surface area contributed by atoms with E-state index in [-0.39, 0.29) is 24.6 Å². The van der Waals surface area contributed by atoms with Crippen molar-refractivity contribution in [1.29, 1.82) is 0 Å². The highest BCUT2D eigenvalue weighted by atomic mass is 32.1. The summed E-state index contributed by atoms with van der Waals surface area (Å²) in [4.78, 5) is 28.2. The molecule has 1 amide bonds. The maximum Gasteiger partial charge on any atom is 0.343 e. The van der Waals surface area contributed by atoms with Crippen LogP contribution in [0, 0.1) is 0 Å². The molecule has 0 bridgehead atoms. The summed E-state index contributed by atoms with van der Waals surface area (Å²) in [6, 6.07) is 11.8. The molecule has 0 aliphatic carbocycles. The van der Waals surface area contributed by atoms with Crippen LogP contribution in [-0.4, -0.2) is 46.8 Å². The summed E-state index contributed by atoms with van der Waals surface area (Å²) in [5.41, 5.74) is 1.22. The molecule has 9 heteroatoms. The molecule has 31 heavy (non-hydrogen) atoms. The van der Waals surface area contributed by atoms with Crippen LogP contribution in [0.25, 0.3) is 0 Å². The molecule has 0 saturated heterocycles. The van der Waals surface area contributed by atoms with Gasteiger partial charge < -0.3 is 14.8 Å². The average molecular weight is 443 g/mol. The third-order valence-electron chi connectivity index (χ3n) is 4.61. The van der Waals surface area contributed by atoms with Gasteiger partial charge in [0.15, 0.2) is 0 Å². The fraction of sp³-hybridized carbons (Fsp3) is 0.318. The Morgan fingerprint density at radius 3 is 2.71 bits per heavy atom. The van der Waals surface area contributed by atoms with Crippen molar-refractivity contribution in [1.82, 2.24) is 14.7 Å². The molecule has 1 aromatic carbocycles. The number of nitrogens with one attached hydrogen (secondary N) is 1. The van der Waals surface area contributed by atoms with Gasteiger partial charge in [0.25, 0.3) is 0 Å². The molecule has 0 aliphatic heterocycles. The molecular weight excluding hydrogens is 416 g/mol. The highest BCUT2D eigenvalue weighted by Gasteiger charge is 2.21. The van der Waals surface area contributed by atoms with E-state index in [1.807, 2.05) is 46.7 Å². The van der Waals surface area contributed by atoms with Crippen LogP contribution in [0.3, 0.4) is 0 Å². The SMILES string of the molecule is CCOC(=O)c1cnn(C)c1NC(=O)CN(Cc1cccs1)Cc1ccccc1OC. The molecule has 0 radical (unpaired) electrons. The number of carbonyl (C=O) groups excluding carboxylic acids is 2. The molecule has 3 aromatic rings. The number of amides is 1. The Balaban J connectivity index is 1.76. The second-order valence-electron chi connectivity index (χ2n) is 6.84. The minimum atomic E-state index is -0.518. The molecule has 2 aromatic heterocycles. The van der Waals surface area contributed by atoms with Crippen LogP contribution in [0.5, 0.6) is 5.75 Å². The van der Waals surface area contributed by atoms with Crippen LogP contribution >= 0.6 is 11.3 Å². The minimum Gasteiger partial charge on any atom is -0.496 e. The predicted molar refractivity (Wildman–Crippen MR) is 119 cm³/mol. The monoisotopic (exact) mass is 442 g/mol. The Kier molecular flexibility index (Phi) is 7.80. The Hall–Kier alpha value is -3.17. The van der Waals surface area contributed by atoms with E-state index in [2.05, 4.69) is 10.4 Å². The van der Waals surface area contributed by atoms with Crippen molar-refractivity contribution in [3.63, 3.8) is 0 Å². The normalized spacial score (nSPS) is 10.8. The van der Waals surface area contributed by atoms with E-state index >= 15 is 0 Å². The molecule has 0 spiro atoms. The first kappa shape index (κ1) is 22.5. The highest BCUT2D eigenvalue weighted by molar-refractivity contribution is 7.09. The average Bonchev–Trinajstić information content (AvgIpc) is 3.38. The maximum atomic E-state index is 12.9. The lowest BCUT2D eigenvalue weighted by Gasteiger charge is -2.22. The molecule has 0 fully saturated rings. The maximum absolute atomic E-state index is 12.9. The summed E-state index contributed by atoms with van der Waals surface area (Å²) >= 11 is 1.64. The number of benzene rings is 1. The molecular formula is C22H26N4O4S. The topological polar surface area (TPSA) is 85.7 Å². The molecule has 8 nitrogen and oxygen atoms in total. The quantitative estimate of drug-likeness (QED) is 0.485. The van der Waals surface area contributed by atoms with Gasteiger partial charge in [-0.15, -0.1) is 11.3 Å². The number of para-hydroxylation sites is 1. The molecule has 0 saturated carbocycles. The lowest BCUT2D eigenvalue weighted by molar-refractivity contribution is -0.117. The van der Waals surface area contributed by atoms with Crippen molar-refractivity contribution in [3.8, 4) is 5.75 Å². The van der Waals surface area contributed by atoms with Gasteiger partial charge >= 0.3 is 5.97 Å². The lowest BCUT2D eigenvalue weighted by atomic mass is 10.2. The molecule has 3 rings (SSSR count). The molecule has 0 unspecified atom stereocenters. The first-order valence-electron chi connectivity index (χ1n) is 9.87. The van der Waals surface area contributed by atoms with E-state index in [4.69, 9.17) is 9.47 Å². The second-order valence-corrected chi connectivity index (χ2v) is 7.87. The number of methoxy groups -OCH3 is 1. The smallest absolute Gasteiger partial charge is 0.343 e. The molecule has 164 valence electrons. The zero-order valence-corrected chi connectivity index (χ0v) is 18.6. The van der Waals surface area contributed by atoms with E-state index in [1.54, 1.807) is 32.4 Å². The molecule has 1 N–H and O–H groups in total. The summed E-state index contributed by atoms with van der Waals surface area (Å²) < 4.78 is 12.0. The van der Waals surface area contributed by atoms with Crippen LogP contribution in [-0.2, 0) is 29.7 Å². The molecule has 2 heterocycles. The van der Waals surface area contributed by atoms with Crippen molar-refractivity contribution in [2.75, 3.05) is 25.6 Å². The van der Waals surface area contributed by atoms with Crippen molar-refractivity contribution in [3.05, 3.63) is 64.0 Å². The lowest BCUT2D eigenvalue weighted by Crippen LogP contribution is -2.33. The van der Waals surface area contributed by atoms with Gasteiger partial charge in [0.05, 0.1) is 26.5 Å². The fourth-order valence-electron chi connectivity index (χ4n) is 3.18. The van der Waals surface area contributed by atoms with E-state index < -0.39 is 5.97 Å². The second kappa shape index (κ2) is 10.7.